The van der Waals surface area contributed by atoms with Crippen LogP contribution in [-0.4, -0.2) is 23.8 Å². The third-order valence-electron chi connectivity index (χ3n) is 5.69. The van der Waals surface area contributed by atoms with Crippen molar-refractivity contribution in [2.45, 2.75) is 31.8 Å². The molecule has 176 valence electrons. The zero-order valence-electron chi connectivity index (χ0n) is 18.2. The molecule has 1 heterocycles. The molecule has 2 aliphatic rings. The average molecular weight is 529 g/mol. The lowest BCUT2D eigenvalue weighted by Crippen LogP contribution is -2.31. The van der Waals surface area contributed by atoms with Crippen LogP contribution in [0, 0.1) is 10.1 Å². The largest absolute Gasteiger partial charge is 0.488 e. The van der Waals surface area contributed by atoms with Gasteiger partial charge in [-0.1, -0.05) is 18.2 Å². The molecule has 1 atom stereocenters. The van der Waals surface area contributed by atoms with Gasteiger partial charge in [-0.05, 0) is 45.6 Å². The minimum absolute atomic E-state index is 0.0176. The standard InChI is InChI=1S/C24H21BrN2O7/c1-32-24(29)22-20(21-17(28)6-3-7-19(21)34-23(22)26)14-8-9-18(16(25)11-14)33-12-13-4-2-5-15(10-13)27(30)31/h2,4-5,8-11,20H,3,6-7,12,26H2,1H3/t20-/m1/s1. The summed E-state index contributed by atoms with van der Waals surface area (Å²) in [6, 6.07) is 11.4. The number of hydrogen-bond acceptors (Lipinski definition) is 8. The van der Waals surface area contributed by atoms with E-state index in [1.54, 1.807) is 30.3 Å². The van der Waals surface area contributed by atoms with Gasteiger partial charge in [0.25, 0.3) is 5.69 Å². The first kappa shape index (κ1) is 23.5. The number of benzene rings is 2. The molecule has 34 heavy (non-hydrogen) atoms. The second kappa shape index (κ2) is 9.68. The summed E-state index contributed by atoms with van der Waals surface area (Å²) in [5.41, 5.74) is 7.83. The minimum Gasteiger partial charge on any atom is -0.488 e. The molecule has 2 aromatic carbocycles. The van der Waals surface area contributed by atoms with Crippen molar-refractivity contribution >= 4 is 33.4 Å². The van der Waals surface area contributed by atoms with Crippen molar-refractivity contribution in [1.82, 2.24) is 0 Å². The molecule has 0 fully saturated rings. The average Bonchev–Trinajstić information content (AvgIpc) is 2.82. The molecule has 2 N–H and O–H groups in total. The van der Waals surface area contributed by atoms with Crippen molar-refractivity contribution in [1.29, 1.82) is 0 Å². The number of halogens is 1. The zero-order valence-corrected chi connectivity index (χ0v) is 19.8. The lowest BCUT2D eigenvalue weighted by molar-refractivity contribution is -0.384. The number of methoxy groups -OCH3 is 1. The zero-order chi connectivity index (χ0) is 24.4. The van der Waals surface area contributed by atoms with E-state index in [0.29, 0.717) is 51.9 Å². The monoisotopic (exact) mass is 528 g/mol. The topological polar surface area (TPSA) is 131 Å². The second-order valence-electron chi connectivity index (χ2n) is 7.82. The van der Waals surface area contributed by atoms with E-state index in [4.69, 9.17) is 19.9 Å². The van der Waals surface area contributed by atoms with Gasteiger partial charge >= 0.3 is 5.97 Å². The number of Topliss-reactive ketones (excluding diaryl/α,β-unsaturated/α-hetero) is 1. The van der Waals surface area contributed by atoms with Crippen molar-refractivity contribution in [2.24, 2.45) is 5.73 Å². The third kappa shape index (κ3) is 4.54. The van der Waals surface area contributed by atoms with Gasteiger partial charge in [0.15, 0.2) is 5.78 Å². The van der Waals surface area contributed by atoms with Crippen molar-refractivity contribution in [3.8, 4) is 5.75 Å². The molecule has 2 aromatic rings. The number of nitro benzene ring substituents is 1. The van der Waals surface area contributed by atoms with Crippen LogP contribution in [0.1, 0.15) is 36.3 Å². The van der Waals surface area contributed by atoms with E-state index < -0.39 is 16.8 Å². The van der Waals surface area contributed by atoms with E-state index in [9.17, 15) is 19.7 Å². The fourth-order valence-electron chi connectivity index (χ4n) is 4.13. The maximum absolute atomic E-state index is 12.8. The number of hydrogen-bond donors (Lipinski definition) is 1. The number of nitrogens with two attached hydrogens (primary N) is 1. The van der Waals surface area contributed by atoms with Gasteiger partial charge in [-0.3, -0.25) is 14.9 Å². The van der Waals surface area contributed by atoms with Crippen molar-refractivity contribution in [2.75, 3.05) is 7.11 Å². The van der Waals surface area contributed by atoms with Gasteiger partial charge in [-0.2, -0.15) is 0 Å². The summed E-state index contributed by atoms with van der Waals surface area (Å²) < 4.78 is 17.0. The molecule has 1 aliphatic carbocycles. The highest BCUT2D eigenvalue weighted by atomic mass is 79.9. The number of nitrogens with zero attached hydrogens (tertiary/aromatic N) is 1. The Balaban J connectivity index is 1.65. The number of ketones is 1. The normalized spacial score (nSPS) is 17.7. The van der Waals surface area contributed by atoms with Crippen LogP contribution in [0.2, 0.25) is 0 Å². The van der Waals surface area contributed by atoms with Crippen LogP contribution in [0.25, 0.3) is 0 Å². The van der Waals surface area contributed by atoms with E-state index >= 15 is 0 Å². The number of rotatable bonds is 6. The molecule has 0 unspecified atom stereocenters. The van der Waals surface area contributed by atoms with E-state index in [2.05, 4.69) is 15.9 Å². The number of carbonyl (C=O) groups excluding carboxylic acids is 2. The Morgan fingerprint density at radius 2 is 2.06 bits per heavy atom. The summed E-state index contributed by atoms with van der Waals surface area (Å²) in [7, 11) is 1.24. The van der Waals surface area contributed by atoms with Gasteiger partial charge in [0.1, 0.15) is 23.7 Å². The van der Waals surface area contributed by atoms with Crippen LogP contribution in [0.5, 0.6) is 5.75 Å². The molecule has 0 saturated carbocycles. The molecule has 0 saturated heterocycles. The fourth-order valence-corrected chi connectivity index (χ4v) is 4.64. The summed E-state index contributed by atoms with van der Waals surface area (Å²) >= 11 is 3.49. The predicted octanol–water partition coefficient (Wildman–Crippen LogP) is 4.40. The lowest BCUT2D eigenvalue weighted by Gasteiger charge is -2.32. The number of carbonyl (C=O) groups is 2. The summed E-state index contributed by atoms with van der Waals surface area (Å²) in [6.45, 7) is 0.116. The van der Waals surface area contributed by atoms with E-state index in [-0.39, 0.29) is 29.5 Å². The molecular formula is C24H21BrN2O7. The Morgan fingerprint density at radius 3 is 2.76 bits per heavy atom. The number of allylic oxidation sites excluding steroid dienone is 2. The number of esters is 1. The van der Waals surface area contributed by atoms with Crippen LogP contribution in [0.4, 0.5) is 5.69 Å². The Labute approximate surface area is 203 Å². The molecule has 0 spiro atoms. The number of nitro groups is 1. The first-order chi connectivity index (χ1) is 16.3. The van der Waals surface area contributed by atoms with Crippen LogP contribution in [-0.2, 0) is 25.7 Å². The SMILES string of the molecule is COC(=O)C1=C(N)OC2=C(C(=O)CCC2)[C@H]1c1ccc(OCc2cccc([N+](=O)[O-])c2)c(Br)c1. The minimum atomic E-state index is -0.730. The van der Waals surface area contributed by atoms with Crippen LogP contribution in [0.15, 0.2) is 69.7 Å². The molecule has 0 bridgehead atoms. The first-order valence-corrected chi connectivity index (χ1v) is 11.3. The number of ether oxygens (including phenoxy) is 3. The van der Waals surface area contributed by atoms with E-state index in [1.807, 2.05) is 0 Å². The van der Waals surface area contributed by atoms with Crippen molar-refractivity contribution < 1.29 is 28.7 Å². The molecular weight excluding hydrogens is 508 g/mol. The summed E-state index contributed by atoms with van der Waals surface area (Å²) in [4.78, 5) is 35.9. The van der Waals surface area contributed by atoms with Crippen molar-refractivity contribution in [3.05, 3.63) is 91.0 Å². The highest BCUT2D eigenvalue weighted by Crippen LogP contribution is 2.45. The van der Waals surface area contributed by atoms with Crippen LogP contribution >= 0.6 is 15.9 Å². The molecule has 0 aromatic heterocycles. The lowest BCUT2D eigenvalue weighted by atomic mass is 9.77. The molecule has 9 nitrogen and oxygen atoms in total. The van der Waals surface area contributed by atoms with Gasteiger partial charge in [0.2, 0.25) is 5.88 Å². The van der Waals surface area contributed by atoms with Crippen LogP contribution in [0.3, 0.4) is 0 Å². The molecule has 0 radical (unpaired) electrons. The third-order valence-corrected chi connectivity index (χ3v) is 6.31. The summed E-state index contributed by atoms with van der Waals surface area (Å²) in [5, 5.41) is 11.0. The molecule has 1 aliphatic heterocycles. The molecule has 0 amide bonds. The Kier molecular flexibility index (Phi) is 6.69. The van der Waals surface area contributed by atoms with Gasteiger partial charge in [-0.25, -0.2) is 4.79 Å². The quantitative estimate of drug-likeness (QED) is 0.331. The maximum Gasteiger partial charge on any atom is 0.340 e. The summed E-state index contributed by atoms with van der Waals surface area (Å²) in [5.74, 6) is -0.605. The highest BCUT2D eigenvalue weighted by molar-refractivity contribution is 9.10. The maximum atomic E-state index is 12.8. The van der Waals surface area contributed by atoms with Gasteiger partial charge < -0.3 is 19.9 Å². The second-order valence-corrected chi connectivity index (χ2v) is 8.68. The predicted molar refractivity (Wildman–Crippen MR) is 125 cm³/mol. The number of non-ortho nitro benzene ring substituents is 1. The molecule has 4 rings (SSSR count). The highest BCUT2D eigenvalue weighted by Gasteiger charge is 2.41. The van der Waals surface area contributed by atoms with Crippen molar-refractivity contribution in [3.63, 3.8) is 0 Å². The summed E-state index contributed by atoms with van der Waals surface area (Å²) in [6.07, 6.45) is 1.57. The van der Waals surface area contributed by atoms with Gasteiger partial charge in [0.05, 0.1) is 22.4 Å². The van der Waals surface area contributed by atoms with Gasteiger partial charge in [0, 0.05) is 30.5 Å². The van der Waals surface area contributed by atoms with E-state index in [1.165, 1.54) is 19.2 Å². The fraction of sp³-hybridized carbons (Fsp3) is 0.250. The molecule has 10 heteroatoms. The smallest absolute Gasteiger partial charge is 0.340 e. The Hall–Kier alpha value is -3.66. The first-order valence-electron chi connectivity index (χ1n) is 10.5. The van der Waals surface area contributed by atoms with Crippen LogP contribution < -0.4 is 10.5 Å². The Morgan fingerprint density at radius 1 is 1.26 bits per heavy atom. The Bertz CT molecular complexity index is 1250. The van der Waals surface area contributed by atoms with Gasteiger partial charge in [-0.15, -0.1) is 0 Å². The van der Waals surface area contributed by atoms with E-state index in [0.717, 1.165) is 0 Å².